The number of benzene rings is 1. The van der Waals surface area contributed by atoms with Gasteiger partial charge in [-0.3, -0.25) is 4.79 Å². The zero-order valence-corrected chi connectivity index (χ0v) is 10.7. The lowest BCUT2D eigenvalue weighted by molar-refractivity contribution is 0.0667. The molecule has 1 fully saturated rings. The van der Waals surface area contributed by atoms with E-state index in [1.165, 1.54) is 0 Å². The molecule has 1 aliphatic heterocycles. The van der Waals surface area contributed by atoms with Crippen LogP contribution in [-0.4, -0.2) is 23.9 Å². The summed E-state index contributed by atoms with van der Waals surface area (Å²) in [5.74, 6) is 1.71. The minimum Gasteiger partial charge on any atom is -0.339 e. The molecule has 1 aliphatic rings. The highest BCUT2D eigenvalue weighted by Crippen LogP contribution is 2.25. The van der Waals surface area contributed by atoms with Crippen LogP contribution in [0.25, 0.3) is 0 Å². The van der Waals surface area contributed by atoms with Gasteiger partial charge in [0.2, 0.25) is 0 Å². The van der Waals surface area contributed by atoms with E-state index in [4.69, 9.17) is 0 Å². The van der Waals surface area contributed by atoms with Gasteiger partial charge >= 0.3 is 0 Å². The second-order valence-corrected chi connectivity index (χ2v) is 5.24. The Labute approximate surface area is 104 Å². The molecule has 2 rings (SSSR count). The Bertz CT molecular complexity index is 364. The van der Waals surface area contributed by atoms with E-state index in [2.05, 4.69) is 13.8 Å². The number of piperidine rings is 1. The molecule has 1 amide bonds. The minimum absolute atomic E-state index is 0.188. The van der Waals surface area contributed by atoms with Gasteiger partial charge in [0, 0.05) is 18.7 Å². The lowest BCUT2D eigenvalue weighted by atomic mass is 9.86. The van der Waals surface area contributed by atoms with Crippen molar-refractivity contribution in [3.8, 4) is 0 Å². The van der Waals surface area contributed by atoms with Crippen LogP contribution in [0.3, 0.4) is 0 Å². The Balaban J connectivity index is 1.95. The summed E-state index contributed by atoms with van der Waals surface area (Å²) in [6, 6.07) is 9.59. The Kier molecular flexibility index (Phi) is 3.82. The number of rotatable bonds is 2. The molecule has 0 unspecified atom stereocenters. The largest absolute Gasteiger partial charge is 0.339 e. The fourth-order valence-electron chi connectivity index (χ4n) is 2.53. The van der Waals surface area contributed by atoms with Gasteiger partial charge in [-0.25, -0.2) is 0 Å². The second-order valence-electron chi connectivity index (χ2n) is 5.24. The van der Waals surface area contributed by atoms with Crippen molar-refractivity contribution in [2.75, 3.05) is 13.1 Å². The van der Waals surface area contributed by atoms with Gasteiger partial charge < -0.3 is 4.90 Å². The van der Waals surface area contributed by atoms with E-state index in [9.17, 15) is 4.79 Å². The molecule has 1 aromatic rings. The SMILES string of the molecule is CC(C)C1CCN(C(=O)c2ccccc2)CC1. The fourth-order valence-corrected chi connectivity index (χ4v) is 2.53. The third-order valence-corrected chi connectivity index (χ3v) is 3.79. The first-order chi connectivity index (χ1) is 8.18. The van der Waals surface area contributed by atoms with Crippen LogP contribution in [0.15, 0.2) is 30.3 Å². The predicted molar refractivity (Wildman–Crippen MR) is 69.9 cm³/mol. The molecule has 0 radical (unpaired) electrons. The minimum atomic E-state index is 0.188. The fraction of sp³-hybridized carbons (Fsp3) is 0.533. The van der Waals surface area contributed by atoms with Gasteiger partial charge in [-0.15, -0.1) is 0 Å². The number of hydrogen-bond donors (Lipinski definition) is 0. The van der Waals surface area contributed by atoms with Crippen molar-refractivity contribution in [1.29, 1.82) is 0 Å². The summed E-state index contributed by atoms with van der Waals surface area (Å²) in [4.78, 5) is 14.2. The molecule has 0 bridgehead atoms. The number of carbonyl (C=O) groups is 1. The maximum atomic E-state index is 12.2. The number of nitrogens with zero attached hydrogens (tertiary/aromatic N) is 1. The van der Waals surface area contributed by atoms with Gasteiger partial charge in [-0.2, -0.15) is 0 Å². The zero-order valence-electron chi connectivity index (χ0n) is 10.7. The van der Waals surface area contributed by atoms with Crippen molar-refractivity contribution in [1.82, 2.24) is 4.90 Å². The maximum Gasteiger partial charge on any atom is 0.253 e. The van der Waals surface area contributed by atoms with Crippen LogP contribution in [-0.2, 0) is 0 Å². The van der Waals surface area contributed by atoms with Gasteiger partial charge in [0.25, 0.3) is 5.91 Å². The van der Waals surface area contributed by atoms with E-state index >= 15 is 0 Å². The van der Waals surface area contributed by atoms with E-state index in [1.54, 1.807) is 0 Å². The van der Waals surface area contributed by atoms with Gasteiger partial charge in [-0.05, 0) is 36.8 Å². The molecule has 17 heavy (non-hydrogen) atoms. The molecule has 1 aromatic carbocycles. The Hall–Kier alpha value is -1.31. The lowest BCUT2D eigenvalue weighted by Gasteiger charge is -2.33. The third-order valence-electron chi connectivity index (χ3n) is 3.79. The molecule has 92 valence electrons. The highest BCUT2D eigenvalue weighted by molar-refractivity contribution is 5.94. The molecule has 2 nitrogen and oxygen atoms in total. The molecule has 0 spiro atoms. The summed E-state index contributed by atoms with van der Waals surface area (Å²) in [6.45, 7) is 6.38. The summed E-state index contributed by atoms with van der Waals surface area (Å²) >= 11 is 0. The van der Waals surface area contributed by atoms with E-state index in [0.29, 0.717) is 0 Å². The van der Waals surface area contributed by atoms with E-state index in [0.717, 1.165) is 43.3 Å². The van der Waals surface area contributed by atoms with E-state index in [1.807, 2.05) is 35.2 Å². The standard InChI is InChI=1S/C15H21NO/c1-12(2)13-8-10-16(11-9-13)15(17)14-6-4-3-5-7-14/h3-7,12-13H,8-11H2,1-2H3. The predicted octanol–water partition coefficient (Wildman–Crippen LogP) is 3.19. The molecular weight excluding hydrogens is 210 g/mol. The van der Waals surface area contributed by atoms with Crippen LogP contribution in [0.4, 0.5) is 0 Å². The normalized spacial score (nSPS) is 17.5. The smallest absolute Gasteiger partial charge is 0.253 e. The molecule has 2 heteroatoms. The van der Waals surface area contributed by atoms with E-state index in [-0.39, 0.29) is 5.91 Å². The summed E-state index contributed by atoms with van der Waals surface area (Å²) in [7, 11) is 0. The van der Waals surface area contributed by atoms with Crippen LogP contribution < -0.4 is 0 Å². The molecule has 0 saturated carbocycles. The van der Waals surface area contributed by atoms with Crippen LogP contribution in [0, 0.1) is 11.8 Å². The van der Waals surface area contributed by atoms with Crippen molar-refractivity contribution in [3.05, 3.63) is 35.9 Å². The first-order valence-electron chi connectivity index (χ1n) is 6.53. The number of likely N-dealkylation sites (tertiary alicyclic amines) is 1. The summed E-state index contributed by atoms with van der Waals surface area (Å²) < 4.78 is 0. The van der Waals surface area contributed by atoms with Gasteiger partial charge in [0.15, 0.2) is 0 Å². The zero-order chi connectivity index (χ0) is 12.3. The van der Waals surface area contributed by atoms with Crippen molar-refractivity contribution < 1.29 is 4.79 Å². The highest BCUT2D eigenvalue weighted by atomic mass is 16.2. The van der Waals surface area contributed by atoms with Gasteiger partial charge in [-0.1, -0.05) is 32.0 Å². The van der Waals surface area contributed by atoms with Crippen LogP contribution >= 0.6 is 0 Å². The third kappa shape index (κ3) is 2.87. The van der Waals surface area contributed by atoms with Crippen molar-refractivity contribution in [2.24, 2.45) is 11.8 Å². The summed E-state index contributed by atoms with van der Waals surface area (Å²) in [5.41, 5.74) is 0.815. The summed E-state index contributed by atoms with van der Waals surface area (Å²) in [6.07, 6.45) is 2.30. The van der Waals surface area contributed by atoms with Crippen molar-refractivity contribution in [2.45, 2.75) is 26.7 Å². The molecular formula is C15H21NO. The Morgan fingerprint density at radius 2 is 1.76 bits per heavy atom. The Morgan fingerprint density at radius 1 is 1.18 bits per heavy atom. The molecule has 0 aromatic heterocycles. The monoisotopic (exact) mass is 231 g/mol. The topological polar surface area (TPSA) is 20.3 Å². The quantitative estimate of drug-likeness (QED) is 0.765. The second kappa shape index (κ2) is 5.35. The molecule has 0 N–H and O–H groups in total. The van der Waals surface area contributed by atoms with Crippen LogP contribution in [0.1, 0.15) is 37.0 Å². The molecule has 1 saturated heterocycles. The number of carbonyl (C=O) groups excluding carboxylic acids is 1. The van der Waals surface area contributed by atoms with Gasteiger partial charge in [0.05, 0.1) is 0 Å². The van der Waals surface area contributed by atoms with Gasteiger partial charge in [0.1, 0.15) is 0 Å². The van der Waals surface area contributed by atoms with Crippen molar-refractivity contribution in [3.63, 3.8) is 0 Å². The number of amides is 1. The molecule has 0 aliphatic carbocycles. The number of hydrogen-bond acceptors (Lipinski definition) is 1. The summed E-state index contributed by atoms with van der Waals surface area (Å²) in [5, 5.41) is 0. The van der Waals surface area contributed by atoms with Crippen molar-refractivity contribution >= 4 is 5.91 Å². The van der Waals surface area contributed by atoms with Crippen LogP contribution in [0.5, 0.6) is 0 Å². The van der Waals surface area contributed by atoms with E-state index < -0.39 is 0 Å². The lowest BCUT2D eigenvalue weighted by Crippen LogP contribution is -2.39. The average molecular weight is 231 g/mol. The highest BCUT2D eigenvalue weighted by Gasteiger charge is 2.24. The first-order valence-corrected chi connectivity index (χ1v) is 6.53. The van der Waals surface area contributed by atoms with Crippen LogP contribution in [0.2, 0.25) is 0 Å². The Morgan fingerprint density at radius 3 is 2.29 bits per heavy atom. The first kappa shape index (κ1) is 12.2. The average Bonchev–Trinajstić information content (AvgIpc) is 2.39. The molecule has 1 heterocycles. The molecule has 0 atom stereocenters. The maximum absolute atomic E-state index is 12.2.